The van der Waals surface area contributed by atoms with Gasteiger partial charge in [-0.05, 0) is 37.6 Å². The van der Waals surface area contributed by atoms with Gasteiger partial charge in [-0.2, -0.15) is 0 Å². The third kappa shape index (κ3) is 2.32. The molecule has 0 atom stereocenters. The van der Waals surface area contributed by atoms with Gasteiger partial charge in [-0.25, -0.2) is 0 Å². The van der Waals surface area contributed by atoms with Crippen LogP contribution in [0.2, 0.25) is 0 Å². The standard InChI is InChI=1S/C15H18N2/c1-12-11-14(7-6-10-16)13(2)17(12)15-8-4-3-5-9-15/h3-9,11H,10,16H2,1-2H3. The van der Waals surface area contributed by atoms with Crippen LogP contribution in [0.15, 0.2) is 42.5 Å². The summed E-state index contributed by atoms with van der Waals surface area (Å²) in [5.41, 5.74) is 10.4. The summed E-state index contributed by atoms with van der Waals surface area (Å²) in [6.45, 7) is 4.84. The molecule has 2 heteroatoms. The summed E-state index contributed by atoms with van der Waals surface area (Å²) in [5.74, 6) is 0. The summed E-state index contributed by atoms with van der Waals surface area (Å²) in [4.78, 5) is 0. The van der Waals surface area contributed by atoms with E-state index in [-0.39, 0.29) is 0 Å². The Hall–Kier alpha value is -1.80. The zero-order valence-electron chi connectivity index (χ0n) is 10.4. The highest BCUT2D eigenvalue weighted by molar-refractivity contribution is 5.56. The quantitative estimate of drug-likeness (QED) is 0.856. The third-order valence-electron chi connectivity index (χ3n) is 2.92. The van der Waals surface area contributed by atoms with Gasteiger partial charge < -0.3 is 10.3 Å². The molecule has 1 aromatic carbocycles. The molecule has 2 nitrogen and oxygen atoms in total. The molecule has 0 aliphatic heterocycles. The molecule has 0 saturated carbocycles. The molecule has 0 saturated heterocycles. The first-order chi connectivity index (χ1) is 8.24. The van der Waals surface area contributed by atoms with Crippen LogP contribution in [-0.4, -0.2) is 11.1 Å². The van der Waals surface area contributed by atoms with Gasteiger partial charge in [0, 0.05) is 23.6 Å². The van der Waals surface area contributed by atoms with Gasteiger partial charge in [0.25, 0.3) is 0 Å². The minimum absolute atomic E-state index is 0.578. The molecule has 2 rings (SSSR count). The van der Waals surface area contributed by atoms with Crippen LogP contribution in [-0.2, 0) is 0 Å². The van der Waals surface area contributed by atoms with Crippen LogP contribution in [0.3, 0.4) is 0 Å². The summed E-state index contributed by atoms with van der Waals surface area (Å²) in [6.07, 6.45) is 4.07. The van der Waals surface area contributed by atoms with Crippen molar-refractivity contribution in [1.29, 1.82) is 0 Å². The number of hydrogen-bond donors (Lipinski definition) is 1. The van der Waals surface area contributed by atoms with Crippen LogP contribution in [0.5, 0.6) is 0 Å². The monoisotopic (exact) mass is 226 g/mol. The lowest BCUT2D eigenvalue weighted by atomic mass is 10.2. The minimum atomic E-state index is 0.578. The van der Waals surface area contributed by atoms with Gasteiger partial charge in [-0.1, -0.05) is 30.4 Å². The van der Waals surface area contributed by atoms with Crippen LogP contribution < -0.4 is 5.73 Å². The molecule has 88 valence electrons. The van der Waals surface area contributed by atoms with E-state index in [0.29, 0.717) is 6.54 Å². The molecular weight excluding hydrogens is 208 g/mol. The average Bonchev–Trinajstić information content (AvgIpc) is 2.63. The number of hydrogen-bond acceptors (Lipinski definition) is 1. The molecule has 0 aliphatic carbocycles. The van der Waals surface area contributed by atoms with Crippen LogP contribution in [0, 0.1) is 13.8 Å². The second-order valence-corrected chi connectivity index (χ2v) is 4.14. The Balaban J connectivity index is 2.49. The normalized spacial score (nSPS) is 11.2. The second kappa shape index (κ2) is 5.02. The van der Waals surface area contributed by atoms with E-state index >= 15 is 0 Å². The smallest absolute Gasteiger partial charge is 0.0455 e. The number of benzene rings is 1. The maximum absolute atomic E-state index is 5.49. The van der Waals surface area contributed by atoms with Gasteiger partial charge in [-0.15, -0.1) is 0 Å². The fraction of sp³-hybridized carbons (Fsp3) is 0.200. The average molecular weight is 226 g/mol. The van der Waals surface area contributed by atoms with Crippen LogP contribution >= 0.6 is 0 Å². The molecule has 1 heterocycles. The Morgan fingerprint density at radius 1 is 1.18 bits per heavy atom. The summed E-state index contributed by atoms with van der Waals surface area (Å²) in [6, 6.07) is 12.6. The Morgan fingerprint density at radius 3 is 2.53 bits per heavy atom. The summed E-state index contributed by atoms with van der Waals surface area (Å²) in [5, 5.41) is 0. The molecular formula is C15H18N2. The Morgan fingerprint density at radius 2 is 1.88 bits per heavy atom. The first-order valence-corrected chi connectivity index (χ1v) is 5.85. The number of aromatic nitrogens is 1. The predicted octanol–water partition coefficient (Wildman–Crippen LogP) is 3.07. The third-order valence-corrected chi connectivity index (χ3v) is 2.92. The van der Waals surface area contributed by atoms with E-state index in [0.717, 1.165) is 0 Å². The van der Waals surface area contributed by atoms with Gasteiger partial charge in [0.2, 0.25) is 0 Å². The zero-order valence-corrected chi connectivity index (χ0v) is 10.4. The van der Waals surface area contributed by atoms with Crippen molar-refractivity contribution in [1.82, 2.24) is 4.57 Å². The van der Waals surface area contributed by atoms with Crippen molar-refractivity contribution >= 4 is 6.08 Å². The molecule has 0 amide bonds. The van der Waals surface area contributed by atoms with Crippen LogP contribution in [0.25, 0.3) is 11.8 Å². The van der Waals surface area contributed by atoms with Crippen molar-refractivity contribution in [2.24, 2.45) is 5.73 Å². The number of para-hydroxylation sites is 1. The van der Waals surface area contributed by atoms with Gasteiger partial charge in [-0.3, -0.25) is 0 Å². The van der Waals surface area contributed by atoms with Crippen molar-refractivity contribution in [2.45, 2.75) is 13.8 Å². The molecule has 0 bridgehead atoms. The van der Waals surface area contributed by atoms with Crippen molar-refractivity contribution in [2.75, 3.05) is 6.54 Å². The first kappa shape index (κ1) is 11.7. The zero-order chi connectivity index (χ0) is 12.3. The van der Waals surface area contributed by atoms with E-state index in [2.05, 4.69) is 54.8 Å². The molecule has 2 aromatic rings. The van der Waals surface area contributed by atoms with E-state index in [1.165, 1.54) is 22.6 Å². The summed E-state index contributed by atoms with van der Waals surface area (Å²) >= 11 is 0. The molecule has 0 fully saturated rings. The molecule has 0 spiro atoms. The highest BCUT2D eigenvalue weighted by Crippen LogP contribution is 2.21. The first-order valence-electron chi connectivity index (χ1n) is 5.85. The highest BCUT2D eigenvalue weighted by atomic mass is 15.0. The van der Waals surface area contributed by atoms with Crippen LogP contribution in [0.4, 0.5) is 0 Å². The SMILES string of the molecule is Cc1cc(C=CCN)c(C)n1-c1ccccc1. The molecule has 0 radical (unpaired) electrons. The van der Waals surface area contributed by atoms with E-state index in [1.807, 2.05) is 12.1 Å². The van der Waals surface area contributed by atoms with E-state index in [9.17, 15) is 0 Å². The van der Waals surface area contributed by atoms with Gasteiger partial charge in [0.05, 0.1) is 0 Å². The van der Waals surface area contributed by atoms with E-state index in [4.69, 9.17) is 5.73 Å². The molecule has 0 unspecified atom stereocenters. The second-order valence-electron chi connectivity index (χ2n) is 4.14. The number of nitrogens with two attached hydrogens (primary N) is 1. The maximum Gasteiger partial charge on any atom is 0.0455 e. The number of aryl methyl sites for hydroxylation is 1. The highest BCUT2D eigenvalue weighted by Gasteiger charge is 2.07. The van der Waals surface area contributed by atoms with Crippen molar-refractivity contribution in [3.63, 3.8) is 0 Å². The minimum Gasteiger partial charge on any atom is -0.327 e. The molecule has 1 aromatic heterocycles. The molecule has 17 heavy (non-hydrogen) atoms. The lowest BCUT2D eigenvalue weighted by Gasteiger charge is -2.09. The predicted molar refractivity (Wildman–Crippen MR) is 73.3 cm³/mol. The van der Waals surface area contributed by atoms with E-state index < -0.39 is 0 Å². The van der Waals surface area contributed by atoms with Gasteiger partial charge in [0.15, 0.2) is 0 Å². The Kier molecular flexibility index (Phi) is 3.45. The number of nitrogens with zero attached hydrogens (tertiary/aromatic N) is 1. The van der Waals surface area contributed by atoms with Gasteiger partial charge in [0.1, 0.15) is 0 Å². The lowest BCUT2D eigenvalue weighted by molar-refractivity contribution is 0.964. The molecule has 0 aliphatic rings. The van der Waals surface area contributed by atoms with Crippen LogP contribution in [0.1, 0.15) is 17.0 Å². The summed E-state index contributed by atoms with van der Waals surface area (Å²) in [7, 11) is 0. The fourth-order valence-electron chi connectivity index (χ4n) is 2.13. The topological polar surface area (TPSA) is 30.9 Å². The van der Waals surface area contributed by atoms with Crippen molar-refractivity contribution < 1.29 is 0 Å². The Labute approximate surface area is 102 Å². The fourth-order valence-corrected chi connectivity index (χ4v) is 2.13. The summed E-state index contributed by atoms with van der Waals surface area (Å²) < 4.78 is 2.26. The van der Waals surface area contributed by atoms with E-state index in [1.54, 1.807) is 0 Å². The molecule has 2 N–H and O–H groups in total. The van der Waals surface area contributed by atoms with Crippen molar-refractivity contribution in [3.05, 3.63) is 59.4 Å². The Bertz CT molecular complexity index is 521. The number of rotatable bonds is 3. The van der Waals surface area contributed by atoms with Gasteiger partial charge >= 0.3 is 0 Å². The van der Waals surface area contributed by atoms with Crippen molar-refractivity contribution in [3.8, 4) is 5.69 Å². The lowest BCUT2D eigenvalue weighted by Crippen LogP contribution is -1.98. The maximum atomic E-state index is 5.49. The largest absolute Gasteiger partial charge is 0.327 e.